The van der Waals surface area contributed by atoms with Crippen molar-refractivity contribution >= 4 is 38.9 Å². The molecule has 1 nitrogen and oxygen atoms in total. The topological polar surface area (TPSA) is 12.0 Å². The lowest BCUT2D eigenvalue weighted by molar-refractivity contribution is 0.192. The lowest BCUT2D eigenvalue weighted by Gasteiger charge is -2.37. The van der Waals surface area contributed by atoms with E-state index in [1.54, 1.807) is 11.3 Å². The van der Waals surface area contributed by atoms with Gasteiger partial charge in [0.1, 0.15) is 4.34 Å². The molecule has 1 saturated carbocycles. The fraction of sp³-hybridized carbons (Fsp3) is 0.714. The van der Waals surface area contributed by atoms with E-state index in [2.05, 4.69) is 41.2 Å². The predicted molar refractivity (Wildman–Crippen MR) is 84.6 cm³/mol. The second kappa shape index (κ2) is 6.25. The summed E-state index contributed by atoms with van der Waals surface area (Å²) in [6, 6.07) is 2.67. The van der Waals surface area contributed by atoms with Gasteiger partial charge in [-0.2, -0.15) is 0 Å². The molecule has 18 heavy (non-hydrogen) atoms. The smallest absolute Gasteiger partial charge is 0.107 e. The summed E-state index contributed by atoms with van der Waals surface area (Å²) in [4.78, 5) is 1.39. The third kappa shape index (κ3) is 2.79. The lowest BCUT2D eigenvalue weighted by Crippen LogP contribution is -2.35. The SMILES string of the molecule is CCNC(c1cc(Br)c(Cl)s1)C1(CC)CCCC1. The summed E-state index contributed by atoms with van der Waals surface area (Å²) in [7, 11) is 0. The Balaban J connectivity index is 2.32. The number of hydrogen-bond acceptors (Lipinski definition) is 2. The number of rotatable bonds is 5. The van der Waals surface area contributed by atoms with Crippen LogP contribution in [-0.4, -0.2) is 6.54 Å². The molecule has 0 aliphatic heterocycles. The minimum Gasteiger partial charge on any atom is -0.309 e. The molecule has 1 aliphatic rings. The van der Waals surface area contributed by atoms with Crippen LogP contribution >= 0.6 is 38.9 Å². The molecule has 0 aromatic carbocycles. The van der Waals surface area contributed by atoms with Crippen molar-refractivity contribution in [1.29, 1.82) is 0 Å². The van der Waals surface area contributed by atoms with Gasteiger partial charge >= 0.3 is 0 Å². The van der Waals surface area contributed by atoms with E-state index in [0.29, 0.717) is 11.5 Å². The monoisotopic (exact) mass is 349 g/mol. The van der Waals surface area contributed by atoms with Crippen molar-refractivity contribution in [3.05, 3.63) is 19.8 Å². The van der Waals surface area contributed by atoms with E-state index in [1.165, 1.54) is 37.0 Å². The van der Waals surface area contributed by atoms with Gasteiger partial charge in [-0.25, -0.2) is 0 Å². The van der Waals surface area contributed by atoms with Crippen molar-refractivity contribution in [1.82, 2.24) is 5.32 Å². The van der Waals surface area contributed by atoms with Crippen molar-refractivity contribution in [2.75, 3.05) is 6.54 Å². The van der Waals surface area contributed by atoms with Crippen LogP contribution in [0.5, 0.6) is 0 Å². The van der Waals surface area contributed by atoms with E-state index in [-0.39, 0.29) is 0 Å². The first-order valence-electron chi connectivity index (χ1n) is 6.81. The van der Waals surface area contributed by atoms with E-state index in [4.69, 9.17) is 11.6 Å². The van der Waals surface area contributed by atoms with Crippen LogP contribution in [-0.2, 0) is 0 Å². The van der Waals surface area contributed by atoms with E-state index in [1.807, 2.05) is 0 Å². The summed E-state index contributed by atoms with van der Waals surface area (Å²) in [5, 5.41) is 3.70. The van der Waals surface area contributed by atoms with Gasteiger partial charge in [0.15, 0.2) is 0 Å². The second-order valence-electron chi connectivity index (χ2n) is 5.18. The zero-order chi connectivity index (χ0) is 13.2. The molecule has 102 valence electrons. The Morgan fingerprint density at radius 1 is 1.44 bits per heavy atom. The molecule has 1 aromatic rings. The number of halogens is 2. The molecule has 1 heterocycles. The molecule has 4 heteroatoms. The van der Waals surface area contributed by atoms with Crippen LogP contribution in [0.2, 0.25) is 4.34 Å². The Bertz CT molecular complexity index is 379. The van der Waals surface area contributed by atoms with E-state index >= 15 is 0 Å². The molecule has 1 N–H and O–H groups in total. The fourth-order valence-corrected chi connectivity index (χ4v) is 5.21. The third-order valence-corrected chi connectivity index (χ3v) is 6.81. The van der Waals surface area contributed by atoms with Crippen LogP contribution in [0, 0.1) is 5.41 Å². The number of thiophene rings is 1. The van der Waals surface area contributed by atoms with Gasteiger partial charge in [-0.05, 0) is 53.2 Å². The molecule has 1 fully saturated rings. The highest BCUT2D eigenvalue weighted by Gasteiger charge is 2.40. The van der Waals surface area contributed by atoms with Gasteiger partial charge in [-0.15, -0.1) is 11.3 Å². The molecule has 1 aliphatic carbocycles. The van der Waals surface area contributed by atoms with Crippen LogP contribution in [0.25, 0.3) is 0 Å². The normalized spacial score (nSPS) is 20.2. The van der Waals surface area contributed by atoms with Crippen LogP contribution in [0.4, 0.5) is 0 Å². The Hall–Kier alpha value is 0.430. The highest BCUT2D eigenvalue weighted by molar-refractivity contribution is 9.10. The summed E-state index contributed by atoms with van der Waals surface area (Å²) in [5.41, 5.74) is 0.434. The number of nitrogens with one attached hydrogen (secondary N) is 1. The summed E-state index contributed by atoms with van der Waals surface area (Å²) in [5.74, 6) is 0. The molecule has 1 unspecified atom stereocenters. The Morgan fingerprint density at radius 3 is 2.56 bits per heavy atom. The summed E-state index contributed by atoms with van der Waals surface area (Å²) >= 11 is 11.5. The van der Waals surface area contributed by atoms with E-state index in [0.717, 1.165) is 15.4 Å². The van der Waals surface area contributed by atoms with Crippen LogP contribution in [0.1, 0.15) is 56.9 Å². The molecule has 0 amide bonds. The first kappa shape index (κ1) is 14.8. The van der Waals surface area contributed by atoms with Crippen molar-refractivity contribution in [2.24, 2.45) is 5.41 Å². The van der Waals surface area contributed by atoms with E-state index in [9.17, 15) is 0 Å². The van der Waals surface area contributed by atoms with Crippen molar-refractivity contribution < 1.29 is 0 Å². The Kier molecular flexibility index (Phi) is 5.15. The van der Waals surface area contributed by atoms with Crippen LogP contribution in [0.3, 0.4) is 0 Å². The minimum atomic E-state index is 0.434. The second-order valence-corrected chi connectivity index (χ2v) is 7.72. The maximum atomic E-state index is 6.21. The zero-order valence-electron chi connectivity index (χ0n) is 11.1. The standard InChI is InChI=1S/C14H21BrClNS/c1-3-14(7-5-6-8-14)12(17-4-2)11-9-10(15)13(16)18-11/h9,12,17H,3-8H2,1-2H3. The maximum Gasteiger partial charge on any atom is 0.107 e. The highest BCUT2D eigenvalue weighted by Crippen LogP contribution is 2.52. The van der Waals surface area contributed by atoms with Gasteiger partial charge in [0.25, 0.3) is 0 Å². The minimum absolute atomic E-state index is 0.434. The lowest BCUT2D eigenvalue weighted by atomic mass is 9.75. The molecule has 0 bridgehead atoms. The molecule has 2 rings (SSSR count). The zero-order valence-corrected chi connectivity index (χ0v) is 14.2. The van der Waals surface area contributed by atoms with Gasteiger partial charge in [0.05, 0.1) is 0 Å². The van der Waals surface area contributed by atoms with Crippen molar-refractivity contribution in [2.45, 2.75) is 52.0 Å². The molecule has 1 aromatic heterocycles. The van der Waals surface area contributed by atoms with Gasteiger partial charge in [0, 0.05) is 15.4 Å². The Labute approximate surface area is 127 Å². The average Bonchev–Trinajstić information content (AvgIpc) is 2.95. The van der Waals surface area contributed by atoms with E-state index < -0.39 is 0 Å². The quantitative estimate of drug-likeness (QED) is 0.709. The first-order valence-corrected chi connectivity index (χ1v) is 8.80. The summed E-state index contributed by atoms with van der Waals surface area (Å²) in [6.45, 7) is 5.54. The summed E-state index contributed by atoms with van der Waals surface area (Å²) < 4.78 is 1.91. The van der Waals surface area contributed by atoms with Gasteiger partial charge in [0.2, 0.25) is 0 Å². The molecular formula is C14H21BrClNS. The summed E-state index contributed by atoms with van der Waals surface area (Å²) in [6.07, 6.45) is 6.67. The van der Waals surface area contributed by atoms with Crippen molar-refractivity contribution in [3.8, 4) is 0 Å². The number of hydrogen-bond donors (Lipinski definition) is 1. The molecule has 0 spiro atoms. The molecule has 1 atom stereocenters. The molecule has 0 radical (unpaired) electrons. The molecule has 0 saturated heterocycles. The Morgan fingerprint density at radius 2 is 2.11 bits per heavy atom. The van der Waals surface area contributed by atoms with Gasteiger partial charge in [-0.3, -0.25) is 0 Å². The maximum absolute atomic E-state index is 6.21. The van der Waals surface area contributed by atoms with Crippen molar-refractivity contribution in [3.63, 3.8) is 0 Å². The molecular weight excluding hydrogens is 330 g/mol. The predicted octanol–water partition coefficient (Wildman–Crippen LogP) is 5.79. The van der Waals surface area contributed by atoms with Gasteiger partial charge in [-0.1, -0.05) is 38.3 Å². The van der Waals surface area contributed by atoms with Gasteiger partial charge < -0.3 is 5.32 Å². The first-order chi connectivity index (χ1) is 8.63. The van der Waals surface area contributed by atoms with Crippen LogP contribution < -0.4 is 5.32 Å². The average molecular weight is 351 g/mol. The highest BCUT2D eigenvalue weighted by atomic mass is 79.9. The fourth-order valence-electron chi connectivity index (χ4n) is 3.25. The third-order valence-electron chi connectivity index (χ3n) is 4.27. The largest absolute Gasteiger partial charge is 0.309 e. The van der Waals surface area contributed by atoms with Crippen LogP contribution in [0.15, 0.2) is 10.5 Å².